The van der Waals surface area contributed by atoms with Crippen molar-refractivity contribution in [3.63, 3.8) is 0 Å². The Morgan fingerprint density at radius 3 is 2.92 bits per heavy atom. The first kappa shape index (κ1) is 9.25. The van der Waals surface area contributed by atoms with Gasteiger partial charge >= 0.3 is 6.09 Å². The molecule has 0 heterocycles. The molecule has 0 aliphatic heterocycles. The van der Waals surface area contributed by atoms with Crippen LogP contribution in [-0.2, 0) is 6.54 Å². The molecule has 13 heavy (non-hydrogen) atoms. The van der Waals surface area contributed by atoms with Crippen molar-refractivity contribution in [1.29, 1.82) is 0 Å². The lowest BCUT2D eigenvalue weighted by Gasteiger charge is -2.00. The van der Waals surface area contributed by atoms with E-state index in [0.29, 0.717) is 5.56 Å². The van der Waals surface area contributed by atoms with Crippen molar-refractivity contribution in [2.24, 2.45) is 0 Å². The van der Waals surface area contributed by atoms with Gasteiger partial charge in [0, 0.05) is 12.1 Å². The average molecular weight is 179 g/mol. The number of carboxylic acid groups (broad SMARTS) is 1. The fourth-order valence-electron chi connectivity index (χ4n) is 0.954. The van der Waals surface area contributed by atoms with Gasteiger partial charge in [0.1, 0.15) is 6.29 Å². The van der Waals surface area contributed by atoms with Crippen LogP contribution in [0.4, 0.5) is 4.79 Å². The molecule has 0 aliphatic carbocycles. The second-order valence-corrected chi connectivity index (χ2v) is 2.52. The van der Waals surface area contributed by atoms with Crippen LogP contribution in [0.3, 0.4) is 0 Å². The highest BCUT2D eigenvalue weighted by molar-refractivity contribution is 5.75. The van der Waals surface area contributed by atoms with Crippen molar-refractivity contribution >= 4 is 12.4 Å². The van der Waals surface area contributed by atoms with Crippen LogP contribution in [0.5, 0.6) is 0 Å². The van der Waals surface area contributed by atoms with Gasteiger partial charge in [-0.3, -0.25) is 4.79 Å². The number of nitrogens with one attached hydrogen (secondary N) is 1. The number of hydrogen-bond acceptors (Lipinski definition) is 2. The van der Waals surface area contributed by atoms with Crippen LogP contribution >= 0.6 is 0 Å². The Bertz CT molecular complexity index is 322. The Morgan fingerprint density at radius 1 is 1.54 bits per heavy atom. The van der Waals surface area contributed by atoms with Crippen LogP contribution in [0.1, 0.15) is 15.9 Å². The molecule has 0 radical (unpaired) electrons. The molecule has 0 atom stereocenters. The van der Waals surface area contributed by atoms with Gasteiger partial charge < -0.3 is 10.4 Å². The first-order chi connectivity index (χ1) is 6.22. The molecule has 1 rings (SSSR count). The van der Waals surface area contributed by atoms with Crippen molar-refractivity contribution in [2.45, 2.75) is 6.54 Å². The monoisotopic (exact) mass is 179 g/mol. The molecule has 0 spiro atoms. The van der Waals surface area contributed by atoms with Gasteiger partial charge in [-0.05, 0) is 11.6 Å². The summed E-state index contributed by atoms with van der Waals surface area (Å²) in [5.74, 6) is 0. The summed E-state index contributed by atoms with van der Waals surface area (Å²) >= 11 is 0. The largest absolute Gasteiger partial charge is 0.465 e. The summed E-state index contributed by atoms with van der Waals surface area (Å²) in [5, 5.41) is 10.5. The maximum absolute atomic E-state index is 10.4. The highest BCUT2D eigenvalue weighted by atomic mass is 16.4. The summed E-state index contributed by atoms with van der Waals surface area (Å²) in [6.07, 6.45) is -0.346. The maximum atomic E-state index is 10.4. The standard InChI is InChI=1S/C9H9NO3/c11-6-8-3-1-2-7(4-8)5-10-9(12)13/h1-4,6,10H,5H2,(H,12,13). The fourth-order valence-corrected chi connectivity index (χ4v) is 0.954. The summed E-state index contributed by atoms with van der Waals surface area (Å²) in [7, 11) is 0. The molecule has 4 heteroatoms. The molecular weight excluding hydrogens is 170 g/mol. The van der Waals surface area contributed by atoms with Crippen molar-refractivity contribution in [3.05, 3.63) is 35.4 Å². The third-order valence-electron chi connectivity index (χ3n) is 1.53. The van der Waals surface area contributed by atoms with Crippen molar-refractivity contribution in [3.8, 4) is 0 Å². The molecular formula is C9H9NO3. The third kappa shape index (κ3) is 2.94. The van der Waals surface area contributed by atoms with Gasteiger partial charge in [0.2, 0.25) is 0 Å². The molecule has 0 saturated carbocycles. The number of hydrogen-bond donors (Lipinski definition) is 2. The van der Waals surface area contributed by atoms with E-state index in [1.807, 2.05) is 0 Å². The van der Waals surface area contributed by atoms with Crippen LogP contribution in [0, 0.1) is 0 Å². The Kier molecular flexibility index (Phi) is 3.03. The minimum absolute atomic E-state index is 0.219. The summed E-state index contributed by atoms with van der Waals surface area (Å²) in [5.41, 5.74) is 1.32. The van der Waals surface area contributed by atoms with E-state index < -0.39 is 6.09 Å². The Hall–Kier alpha value is -1.84. The van der Waals surface area contributed by atoms with E-state index in [9.17, 15) is 9.59 Å². The summed E-state index contributed by atoms with van der Waals surface area (Å²) in [4.78, 5) is 20.5. The van der Waals surface area contributed by atoms with Gasteiger partial charge in [0.25, 0.3) is 0 Å². The third-order valence-corrected chi connectivity index (χ3v) is 1.53. The highest BCUT2D eigenvalue weighted by Crippen LogP contribution is 2.02. The summed E-state index contributed by atoms with van der Waals surface area (Å²) in [6, 6.07) is 6.77. The van der Waals surface area contributed by atoms with Gasteiger partial charge in [-0.2, -0.15) is 0 Å². The van der Waals surface area contributed by atoms with Crippen LogP contribution in [0.25, 0.3) is 0 Å². The molecule has 1 aromatic carbocycles. The van der Waals surface area contributed by atoms with E-state index in [-0.39, 0.29) is 6.54 Å². The molecule has 0 bridgehead atoms. The van der Waals surface area contributed by atoms with Gasteiger partial charge in [-0.25, -0.2) is 4.79 Å². The number of benzene rings is 1. The van der Waals surface area contributed by atoms with E-state index >= 15 is 0 Å². The lowest BCUT2D eigenvalue weighted by Crippen LogP contribution is -2.19. The van der Waals surface area contributed by atoms with Gasteiger partial charge in [0.05, 0.1) is 0 Å². The highest BCUT2D eigenvalue weighted by Gasteiger charge is 1.97. The predicted octanol–water partition coefficient (Wildman–Crippen LogP) is 1.27. The molecule has 0 unspecified atom stereocenters. The minimum atomic E-state index is -1.07. The molecule has 4 nitrogen and oxygen atoms in total. The number of aldehydes is 1. The molecule has 1 amide bonds. The molecule has 68 valence electrons. The molecule has 0 aromatic heterocycles. The normalized spacial score (nSPS) is 9.23. The smallest absolute Gasteiger partial charge is 0.404 e. The quantitative estimate of drug-likeness (QED) is 0.686. The Morgan fingerprint density at radius 2 is 2.31 bits per heavy atom. The van der Waals surface area contributed by atoms with Crippen LogP contribution < -0.4 is 5.32 Å². The van der Waals surface area contributed by atoms with E-state index in [1.165, 1.54) is 0 Å². The molecule has 2 N–H and O–H groups in total. The fraction of sp³-hybridized carbons (Fsp3) is 0.111. The maximum Gasteiger partial charge on any atom is 0.404 e. The lowest BCUT2D eigenvalue weighted by atomic mass is 10.1. The van der Waals surface area contributed by atoms with Gasteiger partial charge in [-0.1, -0.05) is 18.2 Å². The van der Waals surface area contributed by atoms with Crippen molar-refractivity contribution in [2.75, 3.05) is 0 Å². The Labute approximate surface area is 75.2 Å². The zero-order valence-electron chi connectivity index (χ0n) is 6.86. The Balaban J connectivity index is 2.66. The zero-order valence-corrected chi connectivity index (χ0v) is 6.86. The van der Waals surface area contributed by atoms with E-state index in [0.717, 1.165) is 11.8 Å². The van der Waals surface area contributed by atoms with Crippen molar-refractivity contribution in [1.82, 2.24) is 5.32 Å². The predicted molar refractivity (Wildman–Crippen MR) is 46.7 cm³/mol. The molecule has 0 aliphatic rings. The SMILES string of the molecule is O=Cc1cccc(CNC(=O)O)c1. The van der Waals surface area contributed by atoms with Crippen LogP contribution in [-0.4, -0.2) is 17.5 Å². The van der Waals surface area contributed by atoms with Crippen molar-refractivity contribution < 1.29 is 14.7 Å². The second-order valence-electron chi connectivity index (χ2n) is 2.52. The topological polar surface area (TPSA) is 66.4 Å². The van der Waals surface area contributed by atoms with Crippen LogP contribution in [0.15, 0.2) is 24.3 Å². The summed E-state index contributed by atoms with van der Waals surface area (Å²) in [6.45, 7) is 0.219. The average Bonchev–Trinajstić information content (AvgIpc) is 2.15. The van der Waals surface area contributed by atoms with Gasteiger partial charge in [-0.15, -0.1) is 0 Å². The number of rotatable bonds is 3. The van der Waals surface area contributed by atoms with E-state index in [4.69, 9.17) is 5.11 Å². The number of amides is 1. The molecule has 0 saturated heterocycles. The van der Waals surface area contributed by atoms with Gasteiger partial charge in [0.15, 0.2) is 0 Å². The molecule has 0 fully saturated rings. The molecule has 1 aromatic rings. The first-order valence-electron chi connectivity index (χ1n) is 3.73. The van der Waals surface area contributed by atoms with E-state index in [1.54, 1.807) is 24.3 Å². The number of carbonyl (C=O) groups is 2. The van der Waals surface area contributed by atoms with E-state index in [2.05, 4.69) is 5.32 Å². The zero-order chi connectivity index (χ0) is 9.68. The van der Waals surface area contributed by atoms with Crippen LogP contribution in [0.2, 0.25) is 0 Å². The first-order valence-corrected chi connectivity index (χ1v) is 3.73. The lowest BCUT2D eigenvalue weighted by molar-refractivity contribution is 0.112. The number of carbonyl (C=O) groups excluding carboxylic acids is 1. The second kappa shape index (κ2) is 4.25. The summed E-state index contributed by atoms with van der Waals surface area (Å²) < 4.78 is 0. The minimum Gasteiger partial charge on any atom is -0.465 e.